The summed E-state index contributed by atoms with van der Waals surface area (Å²) in [5.41, 5.74) is 5.22. The Labute approximate surface area is 180 Å². The zero-order valence-electron chi connectivity index (χ0n) is 17.5. The minimum Gasteiger partial charge on any atom is -0.496 e. The fourth-order valence-corrected chi connectivity index (χ4v) is 4.43. The van der Waals surface area contributed by atoms with Gasteiger partial charge in [-0.2, -0.15) is 0 Å². The summed E-state index contributed by atoms with van der Waals surface area (Å²) in [6.07, 6.45) is 3.54. The first kappa shape index (κ1) is 20.2. The molecule has 4 rings (SSSR count). The minimum absolute atomic E-state index is 0.680. The lowest BCUT2D eigenvalue weighted by Crippen LogP contribution is -2.05. The van der Waals surface area contributed by atoms with Crippen LogP contribution in [0.25, 0.3) is 11.4 Å². The fourth-order valence-electron chi connectivity index (χ4n) is 3.47. The number of aromatic nitrogens is 4. The molecule has 7 heteroatoms. The molecular weight excluding hydrogens is 396 g/mol. The van der Waals surface area contributed by atoms with Gasteiger partial charge in [0.2, 0.25) is 0 Å². The lowest BCUT2D eigenvalue weighted by Gasteiger charge is -2.13. The van der Waals surface area contributed by atoms with Crippen molar-refractivity contribution >= 4 is 11.8 Å². The number of nitrogens with zero attached hydrogens (tertiary/aromatic N) is 4. The van der Waals surface area contributed by atoms with E-state index >= 15 is 0 Å². The first-order valence-corrected chi connectivity index (χ1v) is 10.7. The third-order valence-corrected chi connectivity index (χ3v) is 6.07. The van der Waals surface area contributed by atoms with Crippen LogP contribution < -0.4 is 4.74 Å². The molecule has 0 aliphatic carbocycles. The monoisotopic (exact) mass is 420 g/mol. The summed E-state index contributed by atoms with van der Waals surface area (Å²) in [7, 11) is 1.70. The van der Waals surface area contributed by atoms with Crippen molar-refractivity contribution in [1.29, 1.82) is 0 Å². The number of furan rings is 1. The molecule has 0 atom stereocenters. The van der Waals surface area contributed by atoms with Gasteiger partial charge in [-0.3, -0.25) is 9.55 Å². The van der Waals surface area contributed by atoms with Crippen LogP contribution in [0.3, 0.4) is 0 Å². The molecule has 30 heavy (non-hydrogen) atoms. The average Bonchev–Trinajstić information content (AvgIpc) is 3.34. The van der Waals surface area contributed by atoms with E-state index in [4.69, 9.17) is 9.15 Å². The third-order valence-electron chi connectivity index (χ3n) is 5.09. The largest absolute Gasteiger partial charge is 0.496 e. The second-order valence-electron chi connectivity index (χ2n) is 7.10. The van der Waals surface area contributed by atoms with Crippen LogP contribution >= 0.6 is 11.8 Å². The highest BCUT2D eigenvalue weighted by molar-refractivity contribution is 7.98. The van der Waals surface area contributed by atoms with Gasteiger partial charge in [0.05, 0.1) is 31.2 Å². The van der Waals surface area contributed by atoms with E-state index in [1.165, 1.54) is 5.56 Å². The van der Waals surface area contributed by atoms with Crippen molar-refractivity contribution in [1.82, 2.24) is 19.7 Å². The van der Waals surface area contributed by atoms with E-state index in [0.717, 1.165) is 44.9 Å². The molecule has 0 aliphatic rings. The molecule has 3 heterocycles. The van der Waals surface area contributed by atoms with Crippen LogP contribution in [0.4, 0.5) is 0 Å². The molecule has 1 aromatic carbocycles. The highest BCUT2D eigenvalue weighted by Gasteiger charge is 2.19. The minimum atomic E-state index is 0.680. The third kappa shape index (κ3) is 3.98. The van der Waals surface area contributed by atoms with E-state index in [9.17, 15) is 0 Å². The molecule has 0 fully saturated rings. The molecule has 0 spiro atoms. The van der Waals surface area contributed by atoms with Crippen molar-refractivity contribution in [3.63, 3.8) is 0 Å². The molecular formula is C23H24N4O2S. The van der Waals surface area contributed by atoms with Gasteiger partial charge in [-0.15, -0.1) is 10.2 Å². The molecule has 6 nitrogen and oxygen atoms in total. The Kier molecular flexibility index (Phi) is 5.90. The number of rotatable bonds is 7. The molecule has 0 aliphatic heterocycles. The van der Waals surface area contributed by atoms with Crippen LogP contribution in [-0.2, 0) is 12.3 Å². The predicted molar refractivity (Wildman–Crippen MR) is 118 cm³/mol. The van der Waals surface area contributed by atoms with Crippen LogP contribution in [-0.4, -0.2) is 26.9 Å². The quantitative estimate of drug-likeness (QED) is 0.383. The van der Waals surface area contributed by atoms with Crippen LogP contribution in [0.15, 0.2) is 58.4 Å². The normalized spacial score (nSPS) is 11.1. The van der Waals surface area contributed by atoms with Gasteiger partial charge in [-0.25, -0.2) is 0 Å². The Bertz CT molecular complexity index is 1150. The maximum absolute atomic E-state index is 5.54. The number of hydrogen-bond donors (Lipinski definition) is 0. The van der Waals surface area contributed by atoms with Gasteiger partial charge >= 0.3 is 0 Å². The number of aryl methyl sites for hydroxylation is 2. The Morgan fingerprint density at radius 2 is 1.87 bits per heavy atom. The first-order valence-electron chi connectivity index (χ1n) is 9.72. The second kappa shape index (κ2) is 8.75. The summed E-state index contributed by atoms with van der Waals surface area (Å²) < 4.78 is 13.2. The molecule has 0 saturated heterocycles. The number of thioether (sulfide) groups is 1. The molecule has 0 bridgehead atoms. The number of ether oxygens (including phenoxy) is 1. The average molecular weight is 421 g/mol. The maximum Gasteiger partial charge on any atom is 0.192 e. The van der Waals surface area contributed by atoms with E-state index in [1.54, 1.807) is 25.1 Å². The molecule has 0 radical (unpaired) electrons. The number of hydrogen-bond acceptors (Lipinski definition) is 6. The first-order chi connectivity index (χ1) is 14.6. The van der Waals surface area contributed by atoms with E-state index in [-0.39, 0.29) is 0 Å². The van der Waals surface area contributed by atoms with Crippen molar-refractivity contribution in [3.05, 3.63) is 77.0 Å². The summed E-state index contributed by atoms with van der Waals surface area (Å²) in [6, 6.07) is 12.3. The standard InChI is InChI=1S/C23H24N4O2S/c1-15-12-24-20(16(2)21(15)28-4)14-30-23-26-25-22(19-10-11-29-17(19)3)27(23)13-18-8-6-5-7-9-18/h5-12H,13-14H2,1-4H3. The van der Waals surface area contributed by atoms with E-state index in [1.807, 2.05) is 51.2 Å². The molecule has 3 aromatic heterocycles. The van der Waals surface area contributed by atoms with Crippen molar-refractivity contribution in [2.45, 2.75) is 38.2 Å². The topological polar surface area (TPSA) is 66.0 Å². The van der Waals surface area contributed by atoms with Gasteiger partial charge in [-0.05, 0) is 32.4 Å². The Morgan fingerprint density at radius 1 is 1.07 bits per heavy atom. The van der Waals surface area contributed by atoms with Gasteiger partial charge in [0.15, 0.2) is 11.0 Å². The van der Waals surface area contributed by atoms with Crippen molar-refractivity contribution in [3.8, 4) is 17.1 Å². The summed E-state index contributed by atoms with van der Waals surface area (Å²) in [5.74, 6) is 3.20. The van der Waals surface area contributed by atoms with Crippen molar-refractivity contribution in [2.75, 3.05) is 7.11 Å². The zero-order valence-corrected chi connectivity index (χ0v) is 18.4. The van der Waals surface area contributed by atoms with Gasteiger partial charge in [0.1, 0.15) is 11.5 Å². The Balaban J connectivity index is 1.67. The van der Waals surface area contributed by atoms with Gasteiger partial charge in [0.25, 0.3) is 0 Å². The summed E-state index contributed by atoms with van der Waals surface area (Å²) in [6.45, 7) is 6.67. The van der Waals surface area contributed by atoms with Gasteiger partial charge in [0, 0.05) is 23.1 Å². The Hall–Kier alpha value is -3.06. The summed E-state index contributed by atoms with van der Waals surface area (Å²) >= 11 is 1.62. The summed E-state index contributed by atoms with van der Waals surface area (Å²) in [4.78, 5) is 4.61. The van der Waals surface area contributed by atoms with Crippen molar-refractivity contribution < 1.29 is 9.15 Å². The van der Waals surface area contributed by atoms with Gasteiger partial charge in [-0.1, -0.05) is 42.1 Å². The smallest absolute Gasteiger partial charge is 0.192 e. The van der Waals surface area contributed by atoms with Crippen LogP contribution in [0, 0.1) is 20.8 Å². The van der Waals surface area contributed by atoms with Gasteiger partial charge < -0.3 is 9.15 Å². The molecule has 4 aromatic rings. The molecule has 0 amide bonds. The van der Waals surface area contributed by atoms with E-state index in [0.29, 0.717) is 12.3 Å². The van der Waals surface area contributed by atoms with Crippen LogP contribution in [0.2, 0.25) is 0 Å². The maximum atomic E-state index is 5.54. The SMILES string of the molecule is COc1c(C)cnc(CSc2nnc(-c3ccoc3C)n2Cc2ccccc2)c1C. The molecule has 0 unspecified atom stereocenters. The van der Waals surface area contributed by atoms with E-state index in [2.05, 4.69) is 31.9 Å². The highest BCUT2D eigenvalue weighted by atomic mass is 32.2. The van der Waals surface area contributed by atoms with Crippen LogP contribution in [0.1, 0.15) is 28.1 Å². The molecule has 154 valence electrons. The molecule has 0 saturated carbocycles. The zero-order chi connectivity index (χ0) is 21.1. The number of methoxy groups -OCH3 is 1. The lowest BCUT2D eigenvalue weighted by atomic mass is 10.1. The summed E-state index contributed by atoms with van der Waals surface area (Å²) in [5, 5.41) is 9.82. The predicted octanol–water partition coefficient (Wildman–Crippen LogP) is 5.21. The number of benzene rings is 1. The number of pyridine rings is 1. The van der Waals surface area contributed by atoms with E-state index < -0.39 is 0 Å². The second-order valence-corrected chi connectivity index (χ2v) is 8.05. The van der Waals surface area contributed by atoms with Crippen molar-refractivity contribution in [2.24, 2.45) is 0 Å². The fraction of sp³-hybridized carbons (Fsp3) is 0.261. The Morgan fingerprint density at radius 3 is 2.57 bits per heavy atom. The molecule has 0 N–H and O–H groups in total. The highest BCUT2D eigenvalue weighted by Crippen LogP contribution is 2.31. The van der Waals surface area contributed by atoms with Crippen LogP contribution in [0.5, 0.6) is 5.75 Å². The lowest BCUT2D eigenvalue weighted by molar-refractivity contribution is 0.407.